The van der Waals surface area contributed by atoms with Crippen LogP contribution in [0.25, 0.3) is 10.9 Å². The van der Waals surface area contributed by atoms with Crippen LogP contribution in [0, 0.1) is 0 Å². The molecule has 0 saturated carbocycles. The molecule has 0 atom stereocenters. The molecule has 0 aliphatic rings. The number of phenolic OH excluding ortho intramolecular Hbond substituents is 1. The number of aromatic hydroxyl groups is 1. The lowest BCUT2D eigenvalue weighted by Crippen LogP contribution is -1.77. The standard InChI is InChI=1S/C14H10N2OS/c17-11-7-5-10(6-8-11)9-15-14-12-3-1-2-4-13(12)16-18-14/h1-9,17H. The van der Waals surface area contributed by atoms with Crippen LogP contribution in [-0.2, 0) is 0 Å². The van der Waals surface area contributed by atoms with Gasteiger partial charge in [-0.1, -0.05) is 12.1 Å². The fourth-order valence-corrected chi connectivity index (χ4v) is 2.38. The van der Waals surface area contributed by atoms with E-state index in [9.17, 15) is 5.11 Å². The van der Waals surface area contributed by atoms with Crippen molar-refractivity contribution in [2.45, 2.75) is 0 Å². The number of phenols is 1. The van der Waals surface area contributed by atoms with E-state index in [1.165, 1.54) is 11.5 Å². The lowest BCUT2D eigenvalue weighted by atomic mass is 10.2. The maximum atomic E-state index is 9.20. The SMILES string of the molecule is Oc1ccc(C=Nc2snc3ccccc23)cc1. The van der Waals surface area contributed by atoms with Gasteiger partial charge >= 0.3 is 0 Å². The van der Waals surface area contributed by atoms with Crippen LogP contribution in [0.4, 0.5) is 5.00 Å². The second-order valence-electron chi connectivity index (χ2n) is 3.85. The molecule has 0 saturated heterocycles. The minimum Gasteiger partial charge on any atom is -0.508 e. The Bertz CT molecular complexity index is 701. The third-order valence-electron chi connectivity index (χ3n) is 2.59. The number of nitrogens with zero attached hydrogens (tertiary/aromatic N) is 2. The lowest BCUT2D eigenvalue weighted by Gasteiger charge is -1.93. The molecule has 0 aliphatic carbocycles. The highest BCUT2D eigenvalue weighted by molar-refractivity contribution is 7.11. The van der Waals surface area contributed by atoms with Crippen molar-refractivity contribution in [3.63, 3.8) is 0 Å². The first-order valence-electron chi connectivity index (χ1n) is 5.50. The van der Waals surface area contributed by atoms with Gasteiger partial charge < -0.3 is 5.11 Å². The average molecular weight is 254 g/mol. The Balaban J connectivity index is 1.94. The van der Waals surface area contributed by atoms with Gasteiger partial charge in [0.15, 0.2) is 0 Å². The number of aromatic nitrogens is 1. The maximum Gasteiger partial charge on any atom is 0.143 e. The van der Waals surface area contributed by atoms with E-state index >= 15 is 0 Å². The summed E-state index contributed by atoms with van der Waals surface area (Å²) in [4.78, 5) is 4.44. The van der Waals surface area contributed by atoms with Gasteiger partial charge in [0.2, 0.25) is 0 Å². The molecule has 1 aromatic heterocycles. The van der Waals surface area contributed by atoms with Crippen molar-refractivity contribution in [3.05, 3.63) is 54.1 Å². The lowest BCUT2D eigenvalue weighted by molar-refractivity contribution is 0.475. The highest BCUT2D eigenvalue weighted by Crippen LogP contribution is 2.29. The minimum atomic E-state index is 0.260. The number of hydrogen-bond acceptors (Lipinski definition) is 4. The smallest absolute Gasteiger partial charge is 0.143 e. The fraction of sp³-hybridized carbons (Fsp3) is 0. The Hall–Kier alpha value is -2.20. The molecule has 2 aromatic carbocycles. The van der Waals surface area contributed by atoms with Gasteiger partial charge in [-0.05, 0) is 53.5 Å². The summed E-state index contributed by atoms with van der Waals surface area (Å²) in [5.74, 6) is 0.260. The number of fused-ring (bicyclic) bond motifs is 1. The zero-order valence-electron chi connectivity index (χ0n) is 9.45. The van der Waals surface area contributed by atoms with E-state index in [-0.39, 0.29) is 5.75 Å². The highest BCUT2D eigenvalue weighted by Gasteiger charge is 2.02. The van der Waals surface area contributed by atoms with Gasteiger partial charge in [0.1, 0.15) is 10.8 Å². The summed E-state index contributed by atoms with van der Waals surface area (Å²) in [5.41, 5.74) is 1.92. The molecule has 1 N–H and O–H groups in total. The van der Waals surface area contributed by atoms with E-state index in [0.717, 1.165) is 21.5 Å². The molecular formula is C14H10N2OS. The van der Waals surface area contributed by atoms with Crippen molar-refractivity contribution in [1.82, 2.24) is 4.37 Å². The molecule has 0 amide bonds. The molecule has 3 rings (SSSR count). The van der Waals surface area contributed by atoms with Gasteiger partial charge in [-0.3, -0.25) is 0 Å². The van der Waals surface area contributed by atoms with Crippen LogP contribution in [-0.4, -0.2) is 15.7 Å². The van der Waals surface area contributed by atoms with Gasteiger partial charge in [0, 0.05) is 11.6 Å². The molecule has 0 fully saturated rings. The summed E-state index contributed by atoms with van der Waals surface area (Å²) in [6.07, 6.45) is 1.78. The molecule has 0 aliphatic heterocycles. The molecule has 0 unspecified atom stereocenters. The second kappa shape index (κ2) is 4.58. The highest BCUT2D eigenvalue weighted by atomic mass is 32.1. The first-order chi connectivity index (χ1) is 8.83. The summed E-state index contributed by atoms with van der Waals surface area (Å²) >= 11 is 1.39. The Kier molecular flexibility index (Phi) is 2.78. The van der Waals surface area contributed by atoms with Crippen molar-refractivity contribution >= 4 is 33.7 Å². The van der Waals surface area contributed by atoms with Crippen LogP contribution in [0.15, 0.2) is 53.5 Å². The normalized spacial score (nSPS) is 11.3. The maximum absolute atomic E-state index is 9.20. The van der Waals surface area contributed by atoms with Crippen LogP contribution < -0.4 is 0 Å². The van der Waals surface area contributed by atoms with Crippen molar-refractivity contribution < 1.29 is 5.11 Å². The number of aliphatic imine (C=N–C) groups is 1. The first-order valence-corrected chi connectivity index (χ1v) is 6.28. The van der Waals surface area contributed by atoms with Gasteiger partial charge in [-0.15, -0.1) is 0 Å². The van der Waals surface area contributed by atoms with Gasteiger partial charge in [-0.2, -0.15) is 4.37 Å². The molecule has 0 radical (unpaired) electrons. The molecule has 3 aromatic rings. The van der Waals surface area contributed by atoms with Crippen LogP contribution in [0.2, 0.25) is 0 Å². The van der Waals surface area contributed by atoms with E-state index in [4.69, 9.17) is 0 Å². The average Bonchev–Trinajstić information content (AvgIpc) is 2.82. The van der Waals surface area contributed by atoms with Crippen molar-refractivity contribution in [2.24, 2.45) is 4.99 Å². The van der Waals surface area contributed by atoms with E-state index < -0.39 is 0 Å². The van der Waals surface area contributed by atoms with Crippen LogP contribution in [0.1, 0.15) is 5.56 Å². The van der Waals surface area contributed by atoms with Crippen molar-refractivity contribution in [3.8, 4) is 5.75 Å². The summed E-state index contributed by atoms with van der Waals surface area (Å²) in [5, 5.41) is 11.2. The Morgan fingerprint density at radius 3 is 2.67 bits per heavy atom. The Morgan fingerprint density at radius 1 is 1.06 bits per heavy atom. The molecule has 0 bridgehead atoms. The van der Waals surface area contributed by atoms with Gasteiger partial charge in [-0.25, -0.2) is 4.99 Å². The third-order valence-corrected chi connectivity index (χ3v) is 3.38. The first kappa shape index (κ1) is 10.9. The van der Waals surface area contributed by atoms with E-state index in [1.54, 1.807) is 18.3 Å². The Morgan fingerprint density at radius 2 is 1.83 bits per heavy atom. The molecule has 18 heavy (non-hydrogen) atoms. The van der Waals surface area contributed by atoms with Crippen molar-refractivity contribution in [2.75, 3.05) is 0 Å². The zero-order chi connectivity index (χ0) is 12.4. The quantitative estimate of drug-likeness (QED) is 0.708. The predicted octanol–water partition coefficient (Wildman–Crippen LogP) is 3.75. The third kappa shape index (κ3) is 2.10. The molecular weight excluding hydrogens is 244 g/mol. The molecule has 0 spiro atoms. The molecule has 88 valence electrons. The fourth-order valence-electron chi connectivity index (χ4n) is 1.66. The predicted molar refractivity (Wildman–Crippen MR) is 75.0 cm³/mol. The minimum absolute atomic E-state index is 0.260. The van der Waals surface area contributed by atoms with Crippen LogP contribution in [0.3, 0.4) is 0 Å². The topological polar surface area (TPSA) is 45.5 Å². The van der Waals surface area contributed by atoms with Gasteiger partial charge in [0.05, 0.1) is 5.52 Å². The molecule has 1 heterocycles. The van der Waals surface area contributed by atoms with E-state index in [0.29, 0.717) is 0 Å². The Labute approximate surface area is 108 Å². The zero-order valence-corrected chi connectivity index (χ0v) is 10.3. The number of benzene rings is 2. The molecule has 3 nitrogen and oxygen atoms in total. The summed E-state index contributed by atoms with van der Waals surface area (Å²) in [6.45, 7) is 0. The summed E-state index contributed by atoms with van der Waals surface area (Å²) in [7, 11) is 0. The largest absolute Gasteiger partial charge is 0.508 e. The second-order valence-corrected chi connectivity index (χ2v) is 4.61. The summed E-state index contributed by atoms with van der Waals surface area (Å²) in [6, 6.07) is 14.9. The van der Waals surface area contributed by atoms with Crippen LogP contribution >= 0.6 is 11.5 Å². The monoisotopic (exact) mass is 254 g/mol. The summed E-state index contributed by atoms with van der Waals surface area (Å²) < 4.78 is 4.33. The van der Waals surface area contributed by atoms with E-state index in [1.807, 2.05) is 36.4 Å². The molecule has 4 heteroatoms. The van der Waals surface area contributed by atoms with Crippen LogP contribution in [0.5, 0.6) is 5.75 Å². The van der Waals surface area contributed by atoms with Crippen molar-refractivity contribution in [1.29, 1.82) is 0 Å². The number of hydrogen-bond donors (Lipinski definition) is 1. The number of rotatable bonds is 2. The van der Waals surface area contributed by atoms with Gasteiger partial charge in [0.25, 0.3) is 0 Å². The van der Waals surface area contributed by atoms with E-state index in [2.05, 4.69) is 9.37 Å².